The Kier molecular flexibility index (Phi) is 3.72. The zero-order chi connectivity index (χ0) is 13.9. The molecule has 1 aliphatic rings. The van der Waals surface area contributed by atoms with Gasteiger partial charge in [0.05, 0.1) is 6.54 Å². The minimum Gasteiger partial charge on any atom is -0.378 e. The van der Waals surface area contributed by atoms with Crippen LogP contribution in [-0.4, -0.2) is 14.8 Å². The first-order chi connectivity index (χ1) is 9.74. The van der Waals surface area contributed by atoms with Crippen molar-refractivity contribution in [2.24, 2.45) is 0 Å². The Labute approximate surface area is 120 Å². The Morgan fingerprint density at radius 1 is 1.10 bits per heavy atom. The molecule has 2 aromatic rings. The van der Waals surface area contributed by atoms with Crippen molar-refractivity contribution in [1.82, 2.24) is 14.8 Å². The van der Waals surface area contributed by atoms with Gasteiger partial charge in [-0.3, -0.25) is 0 Å². The van der Waals surface area contributed by atoms with Gasteiger partial charge in [0.1, 0.15) is 5.82 Å². The highest BCUT2D eigenvalue weighted by atomic mass is 15.3. The monoisotopic (exact) mass is 270 g/mol. The second-order valence-corrected chi connectivity index (χ2v) is 5.69. The van der Waals surface area contributed by atoms with Gasteiger partial charge in [0.25, 0.3) is 0 Å². The van der Waals surface area contributed by atoms with Crippen molar-refractivity contribution in [1.29, 1.82) is 0 Å². The first-order valence-corrected chi connectivity index (χ1v) is 7.45. The highest BCUT2D eigenvalue weighted by Crippen LogP contribution is 2.31. The van der Waals surface area contributed by atoms with Crippen molar-refractivity contribution in [3.05, 3.63) is 41.5 Å². The van der Waals surface area contributed by atoms with E-state index in [0.29, 0.717) is 6.04 Å². The smallest absolute Gasteiger partial charge is 0.152 e. The van der Waals surface area contributed by atoms with Crippen molar-refractivity contribution < 1.29 is 0 Å². The fraction of sp³-hybridized carbons (Fsp3) is 0.500. The Morgan fingerprint density at radius 2 is 1.80 bits per heavy atom. The van der Waals surface area contributed by atoms with Crippen LogP contribution in [0.5, 0.6) is 0 Å². The quantitative estimate of drug-likeness (QED) is 0.922. The van der Waals surface area contributed by atoms with Crippen molar-refractivity contribution >= 4 is 5.69 Å². The maximum absolute atomic E-state index is 4.34. The zero-order valence-corrected chi connectivity index (χ0v) is 12.3. The van der Waals surface area contributed by atoms with Crippen molar-refractivity contribution in [2.75, 3.05) is 5.32 Å². The Morgan fingerprint density at radius 3 is 2.50 bits per heavy atom. The fourth-order valence-electron chi connectivity index (χ4n) is 3.02. The second kappa shape index (κ2) is 5.65. The average Bonchev–Trinajstić information content (AvgIpc) is 3.07. The maximum Gasteiger partial charge on any atom is 0.152 e. The summed E-state index contributed by atoms with van der Waals surface area (Å²) in [6.45, 7) is 4.89. The number of nitrogens with zero attached hydrogens (tertiary/aromatic N) is 3. The van der Waals surface area contributed by atoms with Gasteiger partial charge < -0.3 is 9.88 Å². The van der Waals surface area contributed by atoms with E-state index in [0.717, 1.165) is 23.9 Å². The van der Waals surface area contributed by atoms with Crippen molar-refractivity contribution in [2.45, 2.75) is 52.1 Å². The molecule has 0 atom stereocenters. The summed E-state index contributed by atoms with van der Waals surface area (Å²) < 4.78 is 2.33. The lowest BCUT2D eigenvalue weighted by Crippen LogP contribution is -2.14. The van der Waals surface area contributed by atoms with Gasteiger partial charge in [0, 0.05) is 11.7 Å². The average molecular weight is 270 g/mol. The van der Waals surface area contributed by atoms with Gasteiger partial charge in [-0.1, -0.05) is 30.5 Å². The molecule has 1 aromatic carbocycles. The SMILES string of the molecule is Cc1ccc(NCc2nnc(C)n2C2CCCC2)cc1. The number of benzene rings is 1. The molecule has 4 heteroatoms. The van der Waals surface area contributed by atoms with Gasteiger partial charge in [0.2, 0.25) is 0 Å². The molecular formula is C16H22N4. The van der Waals surface area contributed by atoms with Crippen LogP contribution < -0.4 is 5.32 Å². The highest BCUT2D eigenvalue weighted by Gasteiger charge is 2.21. The first-order valence-electron chi connectivity index (χ1n) is 7.45. The van der Waals surface area contributed by atoms with E-state index in [1.807, 2.05) is 0 Å². The summed E-state index contributed by atoms with van der Waals surface area (Å²) in [5.41, 5.74) is 2.41. The number of aromatic nitrogens is 3. The molecule has 1 N–H and O–H groups in total. The summed E-state index contributed by atoms with van der Waals surface area (Å²) in [7, 11) is 0. The van der Waals surface area contributed by atoms with Crippen molar-refractivity contribution in [3.63, 3.8) is 0 Å². The fourth-order valence-corrected chi connectivity index (χ4v) is 3.02. The summed E-state index contributed by atoms with van der Waals surface area (Å²) in [6, 6.07) is 9.06. The topological polar surface area (TPSA) is 42.7 Å². The number of hydrogen-bond donors (Lipinski definition) is 1. The van der Waals surface area contributed by atoms with E-state index in [1.165, 1.54) is 31.2 Å². The minimum absolute atomic E-state index is 0.597. The summed E-state index contributed by atoms with van der Waals surface area (Å²) in [4.78, 5) is 0. The maximum atomic E-state index is 4.34. The van der Waals surface area contributed by atoms with Crippen LogP contribution in [0.1, 0.15) is 48.9 Å². The predicted molar refractivity (Wildman–Crippen MR) is 80.8 cm³/mol. The summed E-state index contributed by atoms with van der Waals surface area (Å²) in [5, 5.41) is 12.0. The molecule has 0 bridgehead atoms. The molecule has 0 unspecified atom stereocenters. The van der Waals surface area contributed by atoms with Gasteiger partial charge in [-0.2, -0.15) is 0 Å². The zero-order valence-electron chi connectivity index (χ0n) is 12.3. The molecule has 106 valence electrons. The van der Waals surface area contributed by atoms with Crippen LogP contribution >= 0.6 is 0 Å². The molecule has 0 saturated heterocycles. The Bertz CT molecular complexity index is 565. The van der Waals surface area contributed by atoms with Gasteiger partial charge >= 0.3 is 0 Å². The second-order valence-electron chi connectivity index (χ2n) is 5.69. The molecule has 1 saturated carbocycles. The van der Waals surface area contributed by atoms with Crippen LogP contribution in [0.15, 0.2) is 24.3 Å². The third-order valence-corrected chi connectivity index (χ3v) is 4.13. The Balaban J connectivity index is 1.72. The van der Waals surface area contributed by atoms with E-state index >= 15 is 0 Å². The van der Waals surface area contributed by atoms with E-state index in [1.54, 1.807) is 0 Å². The number of anilines is 1. The molecule has 0 spiro atoms. The van der Waals surface area contributed by atoms with E-state index in [-0.39, 0.29) is 0 Å². The van der Waals surface area contributed by atoms with Crippen LogP contribution in [0.25, 0.3) is 0 Å². The van der Waals surface area contributed by atoms with Crippen LogP contribution in [0.4, 0.5) is 5.69 Å². The van der Waals surface area contributed by atoms with Crippen LogP contribution in [-0.2, 0) is 6.54 Å². The van der Waals surface area contributed by atoms with E-state index in [4.69, 9.17) is 0 Å². The lowest BCUT2D eigenvalue weighted by atomic mass is 10.2. The first kappa shape index (κ1) is 13.2. The van der Waals surface area contributed by atoms with E-state index in [2.05, 4.69) is 58.2 Å². The van der Waals surface area contributed by atoms with Gasteiger partial charge in [-0.25, -0.2) is 0 Å². The van der Waals surface area contributed by atoms with Crippen LogP contribution in [0.2, 0.25) is 0 Å². The highest BCUT2D eigenvalue weighted by molar-refractivity contribution is 5.44. The summed E-state index contributed by atoms with van der Waals surface area (Å²) in [5.74, 6) is 2.09. The number of hydrogen-bond acceptors (Lipinski definition) is 3. The lowest BCUT2D eigenvalue weighted by Gasteiger charge is -2.16. The molecule has 0 radical (unpaired) electrons. The molecule has 1 heterocycles. The molecule has 1 fully saturated rings. The largest absolute Gasteiger partial charge is 0.378 e. The molecule has 1 aliphatic carbocycles. The third-order valence-electron chi connectivity index (χ3n) is 4.13. The molecule has 4 nitrogen and oxygen atoms in total. The van der Waals surface area contributed by atoms with Crippen LogP contribution in [0, 0.1) is 13.8 Å². The number of nitrogens with one attached hydrogen (secondary N) is 1. The predicted octanol–water partition coefficient (Wildman–Crippen LogP) is 3.62. The molecular weight excluding hydrogens is 248 g/mol. The van der Waals surface area contributed by atoms with Crippen molar-refractivity contribution in [3.8, 4) is 0 Å². The molecule has 0 aliphatic heterocycles. The van der Waals surface area contributed by atoms with Gasteiger partial charge in [0.15, 0.2) is 5.82 Å². The number of rotatable bonds is 4. The molecule has 20 heavy (non-hydrogen) atoms. The lowest BCUT2D eigenvalue weighted by molar-refractivity contribution is 0.489. The van der Waals surface area contributed by atoms with Gasteiger partial charge in [-0.15, -0.1) is 10.2 Å². The number of aryl methyl sites for hydroxylation is 2. The molecule has 3 rings (SSSR count). The van der Waals surface area contributed by atoms with E-state index < -0.39 is 0 Å². The molecule has 1 aromatic heterocycles. The third kappa shape index (κ3) is 2.69. The van der Waals surface area contributed by atoms with E-state index in [9.17, 15) is 0 Å². The normalized spacial score (nSPS) is 15.7. The van der Waals surface area contributed by atoms with Crippen LogP contribution in [0.3, 0.4) is 0 Å². The Hall–Kier alpha value is -1.84. The summed E-state index contributed by atoms with van der Waals surface area (Å²) >= 11 is 0. The minimum atomic E-state index is 0.597. The summed E-state index contributed by atoms with van der Waals surface area (Å²) in [6.07, 6.45) is 5.17. The van der Waals surface area contributed by atoms with Gasteiger partial charge in [-0.05, 0) is 38.8 Å². The standard InChI is InChI=1S/C16H22N4/c1-12-7-9-14(10-8-12)17-11-16-19-18-13(2)20(16)15-5-3-4-6-15/h7-10,15,17H,3-6,11H2,1-2H3. The molecule has 0 amide bonds.